The van der Waals surface area contributed by atoms with Crippen LogP contribution >= 0.6 is 0 Å². The minimum atomic E-state index is -1.08. The number of aliphatic hydroxyl groups is 2. The average molecular weight is 279 g/mol. The molecule has 4 atom stereocenters. The van der Waals surface area contributed by atoms with Gasteiger partial charge in [0, 0.05) is 0 Å². The zero-order valence-corrected chi connectivity index (χ0v) is 10.4. The summed E-state index contributed by atoms with van der Waals surface area (Å²) in [4.78, 5) is 12.2. The van der Waals surface area contributed by atoms with E-state index in [9.17, 15) is 10.2 Å². The van der Waals surface area contributed by atoms with Crippen LogP contribution in [0.15, 0.2) is 12.7 Å². The topological polar surface area (TPSA) is 129 Å². The third-order valence-corrected chi connectivity index (χ3v) is 3.94. The van der Waals surface area contributed by atoms with E-state index >= 15 is 0 Å². The molecule has 0 aliphatic carbocycles. The summed E-state index contributed by atoms with van der Waals surface area (Å²) in [5, 5.41) is 19.6. The fourth-order valence-electron chi connectivity index (χ4n) is 2.81. The molecule has 9 nitrogen and oxygen atoms in total. The number of hydrogen-bond donors (Lipinski definition) is 3. The fraction of sp³-hybridized carbons (Fsp3) is 0.545. The Labute approximate surface area is 113 Å². The summed E-state index contributed by atoms with van der Waals surface area (Å²) >= 11 is 0. The van der Waals surface area contributed by atoms with E-state index in [2.05, 4.69) is 15.0 Å². The van der Waals surface area contributed by atoms with E-state index < -0.39 is 24.0 Å². The van der Waals surface area contributed by atoms with Gasteiger partial charge in [-0.05, 0) is 0 Å². The van der Waals surface area contributed by atoms with E-state index in [1.807, 2.05) is 0 Å². The monoisotopic (exact) mass is 279 g/mol. The van der Waals surface area contributed by atoms with Crippen LogP contribution in [0.1, 0.15) is 6.23 Å². The Hall–Kier alpha value is -1.81. The predicted octanol–water partition coefficient (Wildman–Crippen LogP) is -1.57. The lowest BCUT2D eigenvalue weighted by molar-refractivity contribution is -0.185. The smallest absolute Gasteiger partial charge is 0.167 e. The molecule has 2 aromatic heterocycles. The molecule has 4 N–H and O–H groups in total. The lowest BCUT2D eigenvalue weighted by Crippen LogP contribution is -2.44. The number of aliphatic hydroxyl groups excluding tert-OH is 2. The van der Waals surface area contributed by atoms with Crippen LogP contribution in [0.4, 0.5) is 5.82 Å². The summed E-state index contributed by atoms with van der Waals surface area (Å²) in [6.07, 6.45) is 0.778. The van der Waals surface area contributed by atoms with Gasteiger partial charge < -0.3 is 25.4 Å². The molecule has 0 amide bonds. The molecule has 0 radical (unpaired) electrons. The number of hydrogen-bond acceptors (Lipinski definition) is 8. The van der Waals surface area contributed by atoms with Gasteiger partial charge in [0.2, 0.25) is 0 Å². The first-order valence-corrected chi connectivity index (χ1v) is 6.18. The minimum absolute atomic E-state index is 0.162. The normalized spacial score (nSPS) is 36.0. The van der Waals surface area contributed by atoms with Crippen molar-refractivity contribution in [3.63, 3.8) is 0 Å². The summed E-state index contributed by atoms with van der Waals surface area (Å²) in [7, 11) is 0. The van der Waals surface area contributed by atoms with Crippen LogP contribution in [0, 0.1) is 0 Å². The Morgan fingerprint density at radius 3 is 3.05 bits per heavy atom. The van der Waals surface area contributed by atoms with Crippen LogP contribution in [0.5, 0.6) is 0 Å². The highest BCUT2D eigenvalue weighted by atomic mass is 16.7. The third-order valence-electron chi connectivity index (χ3n) is 3.94. The number of nitrogens with zero attached hydrogens (tertiary/aromatic N) is 4. The SMILES string of the molecule is Nc1ncnc2c1ncn2[C@@H]1O[C@]2(CO)CO[C@@H]1[C@@H]2O. The van der Waals surface area contributed by atoms with Crippen molar-refractivity contribution in [1.29, 1.82) is 0 Å². The molecule has 2 aliphatic rings. The van der Waals surface area contributed by atoms with Crippen LogP contribution in [0.2, 0.25) is 0 Å². The van der Waals surface area contributed by atoms with Crippen LogP contribution in [0.3, 0.4) is 0 Å². The highest BCUT2D eigenvalue weighted by molar-refractivity contribution is 5.81. The molecule has 0 saturated carbocycles. The van der Waals surface area contributed by atoms with E-state index in [-0.39, 0.29) is 19.0 Å². The molecule has 106 valence electrons. The first kappa shape index (κ1) is 12.0. The van der Waals surface area contributed by atoms with Gasteiger partial charge in [0.15, 0.2) is 17.7 Å². The van der Waals surface area contributed by atoms with E-state index in [1.165, 1.54) is 12.7 Å². The Morgan fingerprint density at radius 1 is 1.45 bits per heavy atom. The molecule has 0 spiro atoms. The number of anilines is 1. The predicted molar refractivity (Wildman–Crippen MR) is 65.4 cm³/mol. The summed E-state index contributed by atoms with van der Waals surface area (Å²) < 4.78 is 13.0. The Bertz CT molecular complexity index is 676. The van der Waals surface area contributed by atoms with Crippen LogP contribution in [0.25, 0.3) is 11.2 Å². The first-order chi connectivity index (χ1) is 9.66. The van der Waals surface area contributed by atoms with E-state index in [0.29, 0.717) is 11.2 Å². The molecule has 0 unspecified atom stereocenters. The third kappa shape index (κ3) is 1.32. The molecule has 20 heavy (non-hydrogen) atoms. The molecule has 9 heteroatoms. The second kappa shape index (κ2) is 3.85. The zero-order valence-electron chi connectivity index (χ0n) is 10.4. The van der Waals surface area contributed by atoms with E-state index in [4.69, 9.17) is 15.2 Å². The van der Waals surface area contributed by atoms with Crippen LogP contribution in [-0.4, -0.2) is 60.8 Å². The van der Waals surface area contributed by atoms with Gasteiger partial charge in [-0.2, -0.15) is 0 Å². The van der Waals surface area contributed by atoms with Crippen molar-refractivity contribution < 1.29 is 19.7 Å². The second-order valence-corrected chi connectivity index (χ2v) is 5.03. The van der Waals surface area contributed by atoms with Crippen molar-refractivity contribution in [1.82, 2.24) is 19.5 Å². The molecule has 4 rings (SSSR count). The quantitative estimate of drug-likeness (QED) is 0.601. The highest BCUT2D eigenvalue weighted by Gasteiger charge is 2.61. The van der Waals surface area contributed by atoms with E-state index in [0.717, 1.165) is 0 Å². The summed E-state index contributed by atoms with van der Waals surface area (Å²) in [5.74, 6) is 0.273. The summed E-state index contributed by atoms with van der Waals surface area (Å²) in [6.45, 7) is -0.152. The maximum atomic E-state index is 10.2. The minimum Gasteiger partial charge on any atom is -0.393 e. The standard InChI is InChI=1S/C11H13N5O4/c12-8-5-9(14-3-13-8)16(4-15-5)10-6-7(18)11(1-17,20-10)2-19-6/h3-4,6-7,10,17-18H,1-2H2,(H2,12,13,14)/t6-,7+,10-,11-/m1/s1. The van der Waals surface area contributed by atoms with Gasteiger partial charge in [0.1, 0.15) is 29.7 Å². The maximum absolute atomic E-state index is 10.2. The second-order valence-electron chi connectivity index (χ2n) is 5.03. The van der Waals surface area contributed by atoms with Gasteiger partial charge in [0.25, 0.3) is 0 Å². The number of aromatic nitrogens is 4. The molecule has 2 saturated heterocycles. The number of fused-ring (bicyclic) bond motifs is 3. The van der Waals surface area contributed by atoms with E-state index in [1.54, 1.807) is 4.57 Å². The fourth-order valence-corrected chi connectivity index (χ4v) is 2.81. The van der Waals surface area contributed by atoms with Crippen molar-refractivity contribution in [3.8, 4) is 0 Å². The molecular weight excluding hydrogens is 266 g/mol. The Morgan fingerprint density at radius 2 is 2.30 bits per heavy atom. The zero-order chi connectivity index (χ0) is 13.9. The molecule has 2 aromatic rings. The Balaban J connectivity index is 1.80. The van der Waals surface area contributed by atoms with Crippen molar-refractivity contribution in [3.05, 3.63) is 12.7 Å². The largest absolute Gasteiger partial charge is 0.393 e. The van der Waals surface area contributed by atoms with Gasteiger partial charge in [-0.15, -0.1) is 0 Å². The molecular formula is C11H13N5O4. The van der Waals surface area contributed by atoms with Gasteiger partial charge >= 0.3 is 0 Å². The number of rotatable bonds is 2. The van der Waals surface area contributed by atoms with Crippen LogP contribution < -0.4 is 5.73 Å². The lowest BCUT2D eigenvalue weighted by atomic mass is 10.0. The van der Waals surface area contributed by atoms with Gasteiger partial charge in [-0.25, -0.2) is 15.0 Å². The highest BCUT2D eigenvalue weighted by Crippen LogP contribution is 2.45. The number of nitrogens with two attached hydrogens (primary N) is 1. The summed E-state index contributed by atoms with van der Waals surface area (Å²) in [6, 6.07) is 0. The Kier molecular flexibility index (Phi) is 2.31. The maximum Gasteiger partial charge on any atom is 0.167 e. The number of imidazole rings is 1. The molecule has 0 aromatic carbocycles. The van der Waals surface area contributed by atoms with Gasteiger partial charge in [-0.3, -0.25) is 4.57 Å². The van der Waals surface area contributed by atoms with Gasteiger partial charge in [0.05, 0.1) is 19.5 Å². The first-order valence-electron chi connectivity index (χ1n) is 6.18. The van der Waals surface area contributed by atoms with Crippen molar-refractivity contribution in [2.24, 2.45) is 0 Å². The molecule has 4 heterocycles. The molecule has 2 bridgehead atoms. The average Bonchev–Trinajstić information content (AvgIpc) is 3.10. The van der Waals surface area contributed by atoms with Crippen molar-refractivity contribution in [2.45, 2.75) is 24.0 Å². The van der Waals surface area contributed by atoms with Crippen molar-refractivity contribution in [2.75, 3.05) is 18.9 Å². The van der Waals surface area contributed by atoms with Crippen LogP contribution in [-0.2, 0) is 9.47 Å². The summed E-state index contributed by atoms with van der Waals surface area (Å²) in [5.41, 5.74) is 5.62. The van der Waals surface area contributed by atoms with Crippen molar-refractivity contribution >= 4 is 17.0 Å². The number of ether oxygens (including phenoxy) is 2. The molecule has 2 aliphatic heterocycles. The van der Waals surface area contributed by atoms with Gasteiger partial charge in [-0.1, -0.05) is 0 Å². The lowest BCUT2D eigenvalue weighted by Gasteiger charge is -2.29. The number of nitrogen functional groups attached to an aromatic ring is 1. The molecule has 2 fully saturated rings.